The molecule has 1 fully saturated rings. The second-order valence-corrected chi connectivity index (χ2v) is 9.20. The molecule has 1 aliphatic carbocycles. The van der Waals surface area contributed by atoms with E-state index in [1.54, 1.807) is 6.20 Å². The van der Waals surface area contributed by atoms with Gasteiger partial charge < -0.3 is 10.5 Å². The normalized spacial score (nSPS) is 19.2. The number of ether oxygens (including phenoxy) is 1. The summed E-state index contributed by atoms with van der Waals surface area (Å²) in [6.45, 7) is 0. The Labute approximate surface area is 183 Å². The summed E-state index contributed by atoms with van der Waals surface area (Å²) in [7, 11) is -4.25. The number of sulfonamides is 1. The fraction of sp³-hybridized carbons (Fsp3) is 0.316. The molecule has 12 heteroatoms. The lowest BCUT2D eigenvalue weighted by atomic mass is 9.82. The van der Waals surface area contributed by atoms with E-state index in [2.05, 4.69) is 24.9 Å². The Morgan fingerprint density at radius 2 is 2.06 bits per heavy atom. The number of nitrogen functional groups attached to an aromatic ring is 1. The Bertz CT molecular complexity index is 1170. The van der Waals surface area contributed by atoms with Gasteiger partial charge in [-0.3, -0.25) is 9.82 Å². The summed E-state index contributed by atoms with van der Waals surface area (Å²) in [5.41, 5.74) is 6.81. The van der Waals surface area contributed by atoms with Crippen molar-refractivity contribution in [2.45, 2.75) is 42.6 Å². The number of nitrogens with zero attached hydrogens (tertiary/aromatic N) is 3. The SMILES string of the molecule is Nc1[nH]ncc1[C@H]1CCCC[C@@H]1Oc1ccc(S(=O)(=O)Nc2ccncn2)c(F)c1Cl. The summed E-state index contributed by atoms with van der Waals surface area (Å²) in [5.74, 6) is -0.590. The van der Waals surface area contributed by atoms with Crippen molar-refractivity contribution >= 4 is 33.3 Å². The highest BCUT2D eigenvalue weighted by molar-refractivity contribution is 7.92. The maximum Gasteiger partial charge on any atom is 0.266 e. The Hall–Kier alpha value is -2.92. The lowest BCUT2D eigenvalue weighted by Crippen LogP contribution is -2.29. The van der Waals surface area contributed by atoms with Gasteiger partial charge in [0.2, 0.25) is 0 Å². The molecule has 0 bridgehead atoms. The van der Waals surface area contributed by atoms with Crippen molar-refractivity contribution in [3.8, 4) is 5.75 Å². The molecule has 2 heterocycles. The number of aromatic nitrogens is 4. The Balaban J connectivity index is 1.59. The number of aromatic amines is 1. The summed E-state index contributed by atoms with van der Waals surface area (Å²) < 4.78 is 48.4. The van der Waals surface area contributed by atoms with E-state index in [0.717, 1.165) is 37.3 Å². The van der Waals surface area contributed by atoms with Gasteiger partial charge in [-0.15, -0.1) is 0 Å². The van der Waals surface area contributed by atoms with Crippen molar-refractivity contribution < 1.29 is 17.5 Å². The van der Waals surface area contributed by atoms with Gasteiger partial charge in [0.05, 0.1) is 6.20 Å². The minimum atomic E-state index is -4.25. The standard InChI is InChI=1S/C19H20ClFN6O3S/c20-17-14(30-13-4-2-1-3-11(13)12-9-25-26-19(12)22)5-6-15(18(17)21)31(28,29)27-16-7-8-23-10-24-16/h5-11,13H,1-4H2,(H3,22,25,26)(H,23,24,27)/t11-,13+/m1/s1. The van der Waals surface area contributed by atoms with Gasteiger partial charge in [-0.1, -0.05) is 18.0 Å². The number of hydrogen-bond acceptors (Lipinski definition) is 7. The van der Waals surface area contributed by atoms with Crippen molar-refractivity contribution in [1.82, 2.24) is 20.2 Å². The highest BCUT2D eigenvalue weighted by Gasteiger charge is 2.32. The zero-order valence-electron chi connectivity index (χ0n) is 16.3. The van der Waals surface area contributed by atoms with E-state index in [4.69, 9.17) is 22.1 Å². The molecule has 31 heavy (non-hydrogen) atoms. The summed E-state index contributed by atoms with van der Waals surface area (Å²) in [6, 6.07) is 3.81. The summed E-state index contributed by atoms with van der Waals surface area (Å²) >= 11 is 6.17. The minimum absolute atomic E-state index is 0.00796. The topological polar surface area (TPSA) is 136 Å². The van der Waals surface area contributed by atoms with Crippen molar-refractivity contribution in [1.29, 1.82) is 0 Å². The number of rotatable bonds is 6. The summed E-state index contributed by atoms with van der Waals surface area (Å²) in [4.78, 5) is 6.87. The van der Waals surface area contributed by atoms with Crippen LogP contribution < -0.4 is 15.2 Å². The first-order chi connectivity index (χ1) is 14.9. The van der Waals surface area contributed by atoms with Gasteiger partial charge in [-0.25, -0.2) is 22.8 Å². The fourth-order valence-corrected chi connectivity index (χ4v) is 5.07. The van der Waals surface area contributed by atoms with Crippen LogP contribution in [0.15, 0.2) is 41.8 Å². The van der Waals surface area contributed by atoms with E-state index in [9.17, 15) is 12.8 Å². The van der Waals surface area contributed by atoms with Crippen molar-refractivity contribution in [3.05, 3.63) is 53.3 Å². The molecule has 3 aromatic rings. The Morgan fingerprint density at radius 1 is 1.26 bits per heavy atom. The van der Waals surface area contributed by atoms with E-state index in [-0.39, 0.29) is 23.6 Å². The predicted octanol–water partition coefficient (Wildman–Crippen LogP) is 3.48. The first-order valence-electron chi connectivity index (χ1n) is 9.59. The van der Waals surface area contributed by atoms with Crippen LogP contribution in [0.4, 0.5) is 16.0 Å². The first-order valence-corrected chi connectivity index (χ1v) is 11.4. The van der Waals surface area contributed by atoms with Gasteiger partial charge in [-0.2, -0.15) is 5.10 Å². The molecule has 0 unspecified atom stereocenters. The van der Waals surface area contributed by atoms with E-state index in [1.807, 2.05) is 0 Å². The van der Waals surface area contributed by atoms with Crippen LogP contribution in [0.25, 0.3) is 0 Å². The highest BCUT2D eigenvalue weighted by atomic mass is 35.5. The number of H-pyrrole nitrogens is 1. The molecule has 1 aromatic carbocycles. The molecule has 0 amide bonds. The molecular formula is C19H20ClFN6O3S. The van der Waals surface area contributed by atoms with Crippen LogP contribution in [0.1, 0.15) is 37.2 Å². The van der Waals surface area contributed by atoms with Crippen LogP contribution in [0, 0.1) is 5.82 Å². The van der Waals surface area contributed by atoms with Crippen LogP contribution in [-0.4, -0.2) is 34.7 Å². The number of nitrogens with two attached hydrogens (primary N) is 1. The van der Waals surface area contributed by atoms with Crippen molar-refractivity contribution in [2.75, 3.05) is 10.5 Å². The second kappa shape index (κ2) is 8.67. The largest absolute Gasteiger partial charge is 0.488 e. The molecule has 9 nitrogen and oxygen atoms in total. The molecule has 164 valence electrons. The van der Waals surface area contributed by atoms with Gasteiger partial charge in [0.15, 0.2) is 5.82 Å². The molecule has 1 aliphatic rings. The summed E-state index contributed by atoms with van der Waals surface area (Å²) in [6.07, 6.45) is 7.40. The van der Waals surface area contributed by atoms with Crippen LogP contribution in [0.3, 0.4) is 0 Å². The van der Waals surface area contributed by atoms with E-state index >= 15 is 0 Å². The Kier molecular flexibility index (Phi) is 5.96. The number of nitrogens with one attached hydrogen (secondary N) is 2. The third-order valence-electron chi connectivity index (χ3n) is 5.20. The third kappa shape index (κ3) is 4.42. The number of hydrogen-bond donors (Lipinski definition) is 3. The van der Waals surface area contributed by atoms with E-state index in [1.165, 1.54) is 24.7 Å². The van der Waals surface area contributed by atoms with Crippen LogP contribution in [-0.2, 0) is 10.0 Å². The molecule has 0 saturated heterocycles. The Morgan fingerprint density at radius 3 is 2.77 bits per heavy atom. The maximum atomic E-state index is 15.0. The molecule has 1 saturated carbocycles. The van der Waals surface area contributed by atoms with Crippen LogP contribution >= 0.6 is 11.6 Å². The molecule has 0 radical (unpaired) electrons. The molecule has 0 spiro atoms. The minimum Gasteiger partial charge on any atom is -0.488 e. The van der Waals surface area contributed by atoms with Crippen LogP contribution in [0.2, 0.25) is 5.02 Å². The number of benzene rings is 1. The van der Waals surface area contributed by atoms with Gasteiger partial charge in [0, 0.05) is 17.7 Å². The fourth-order valence-electron chi connectivity index (χ4n) is 3.71. The average molecular weight is 467 g/mol. The molecule has 2 atom stereocenters. The third-order valence-corrected chi connectivity index (χ3v) is 6.93. The zero-order valence-corrected chi connectivity index (χ0v) is 17.8. The second-order valence-electron chi connectivity index (χ2n) is 7.18. The first kappa shape index (κ1) is 21.3. The average Bonchev–Trinajstić information content (AvgIpc) is 3.18. The summed E-state index contributed by atoms with van der Waals surface area (Å²) in [5, 5.41) is 6.28. The van der Waals surface area contributed by atoms with Crippen LogP contribution in [0.5, 0.6) is 5.75 Å². The quantitative estimate of drug-likeness (QED) is 0.505. The molecule has 0 aliphatic heterocycles. The molecule has 4 N–H and O–H groups in total. The number of halogens is 2. The van der Waals surface area contributed by atoms with Crippen molar-refractivity contribution in [2.24, 2.45) is 0 Å². The highest BCUT2D eigenvalue weighted by Crippen LogP contribution is 2.40. The molecule has 2 aromatic heterocycles. The lowest BCUT2D eigenvalue weighted by molar-refractivity contribution is 0.130. The smallest absolute Gasteiger partial charge is 0.266 e. The number of anilines is 2. The molecule has 4 rings (SSSR count). The van der Waals surface area contributed by atoms with Crippen molar-refractivity contribution in [3.63, 3.8) is 0 Å². The predicted molar refractivity (Wildman–Crippen MR) is 113 cm³/mol. The van der Waals surface area contributed by atoms with E-state index < -0.39 is 25.8 Å². The van der Waals surface area contributed by atoms with E-state index in [0.29, 0.717) is 5.82 Å². The zero-order chi connectivity index (χ0) is 22.0. The van der Waals surface area contributed by atoms with Gasteiger partial charge in [0.25, 0.3) is 10.0 Å². The van der Waals surface area contributed by atoms with Gasteiger partial charge in [0.1, 0.15) is 39.7 Å². The monoisotopic (exact) mass is 466 g/mol. The lowest BCUT2D eigenvalue weighted by Gasteiger charge is -2.32. The maximum absolute atomic E-state index is 15.0. The van der Waals surface area contributed by atoms with Gasteiger partial charge in [-0.05, 0) is 37.5 Å². The molecular weight excluding hydrogens is 447 g/mol. The van der Waals surface area contributed by atoms with Gasteiger partial charge >= 0.3 is 0 Å².